The summed E-state index contributed by atoms with van der Waals surface area (Å²) in [6, 6.07) is 9.41. The first-order valence-electron chi connectivity index (χ1n) is 7.32. The number of hydrogen-bond donors (Lipinski definition) is 1. The van der Waals surface area contributed by atoms with E-state index in [-0.39, 0.29) is 6.04 Å². The second-order valence-corrected chi connectivity index (χ2v) is 6.06. The van der Waals surface area contributed by atoms with Crippen LogP contribution in [0.1, 0.15) is 31.4 Å². The zero-order valence-electron chi connectivity index (χ0n) is 12.6. The maximum absolute atomic E-state index is 6.31. The van der Waals surface area contributed by atoms with Gasteiger partial charge in [0.25, 0.3) is 0 Å². The minimum absolute atomic E-state index is 0.268. The van der Waals surface area contributed by atoms with E-state index < -0.39 is 0 Å². The predicted octanol–water partition coefficient (Wildman–Crippen LogP) is 3.10. The van der Waals surface area contributed by atoms with Crippen molar-refractivity contribution < 1.29 is 4.74 Å². The third kappa shape index (κ3) is 4.19. The second-order valence-electron chi connectivity index (χ2n) is 5.65. The van der Waals surface area contributed by atoms with E-state index in [9.17, 15) is 0 Å². The number of methoxy groups -OCH3 is 1. The summed E-state index contributed by atoms with van der Waals surface area (Å²) in [7, 11) is 3.91. The van der Waals surface area contributed by atoms with Crippen molar-refractivity contribution in [3.05, 3.63) is 34.9 Å². The summed E-state index contributed by atoms with van der Waals surface area (Å²) in [6.07, 6.45) is 2.62. The van der Waals surface area contributed by atoms with Crippen LogP contribution in [0.2, 0.25) is 5.02 Å². The average Bonchev–Trinajstić information content (AvgIpc) is 3.26. The van der Waals surface area contributed by atoms with Gasteiger partial charge in [-0.25, -0.2) is 0 Å². The molecule has 112 valence electrons. The van der Waals surface area contributed by atoms with Crippen molar-refractivity contribution in [2.75, 3.05) is 27.3 Å². The van der Waals surface area contributed by atoms with Crippen LogP contribution in [0.4, 0.5) is 0 Å². The Labute approximate surface area is 127 Å². The van der Waals surface area contributed by atoms with Crippen molar-refractivity contribution in [2.24, 2.45) is 0 Å². The summed E-state index contributed by atoms with van der Waals surface area (Å²) in [5.74, 6) is 0. The lowest BCUT2D eigenvalue weighted by atomic mass is 10.1. The van der Waals surface area contributed by atoms with E-state index in [0.29, 0.717) is 6.04 Å². The molecule has 2 unspecified atom stereocenters. The summed E-state index contributed by atoms with van der Waals surface area (Å²) in [5, 5.41) is 4.42. The van der Waals surface area contributed by atoms with Crippen LogP contribution in [0.5, 0.6) is 0 Å². The summed E-state index contributed by atoms with van der Waals surface area (Å²) in [4.78, 5) is 2.35. The SMILES string of the molecule is COCC(CNC1CC1)N(C)C(C)c1ccccc1Cl. The number of rotatable bonds is 8. The lowest BCUT2D eigenvalue weighted by Gasteiger charge is -2.33. The Bertz CT molecular complexity index is 423. The van der Waals surface area contributed by atoms with E-state index in [1.807, 2.05) is 18.2 Å². The van der Waals surface area contributed by atoms with Gasteiger partial charge in [-0.1, -0.05) is 29.8 Å². The highest BCUT2D eigenvalue weighted by Gasteiger charge is 2.26. The number of nitrogens with one attached hydrogen (secondary N) is 1. The fourth-order valence-electron chi connectivity index (χ4n) is 2.45. The first-order chi connectivity index (χ1) is 9.63. The molecule has 3 nitrogen and oxygen atoms in total. The third-order valence-corrected chi connectivity index (χ3v) is 4.46. The first kappa shape index (κ1) is 15.8. The highest BCUT2D eigenvalue weighted by molar-refractivity contribution is 6.31. The standard InChI is InChI=1S/C16H25ClN2O/c1-12(15-6-4-5-7-16(15)17)19(2)14(11-20-3)10-18-13-8-9-13/h4-7,12-14,18H,8-11H2,1-3H3. The Morgan fingerprint density at radius 2 is 2.10 bits per heavy atom. The number of benzene rings is 1. The van der Waals surface area contributed by atoms with Gasteiger partial charge in [0, 0.05) is 36.8 Å². The molecule has 20 heavy (non-hydrogen) atoms. The van der Waals surface area contributed by atoms with Crippen molar-refractivity contribution in [1.82, 2.24) is 10.2 Å². The maximum Gasteiger partial charge on any atom is 0.0630 e. The molecule has 0 radical (unpaired) electrons. The van der Waals surface area contributed by atoms with E-state index in [2.05, 4.69) is 30.3 Å². The molecule has 0 aromatic heterocycles. The van der Waals surface area contributed by atoms with E-state index in [4.69, 9.17) is 16.3 Å². The van der Waals surface area contributed by atoms with Gasteiger partial charge in [0.15, 0.2) is 0 Å². The van der Waals surface area contributed by atoms with Crippen LogP contribution in [-0.2, 0) is 4.74 Å². The van der Waals surface area contributed by atoms with Crippen LogP contribution in [0.15, 0.2) is 24.3 Å². The quantitative estimate of drug-likeness (QED) is 0.798. The van der Waals surface area contributed by atoms with Crippen molar-refractivity contribution in [2.45, 2.75) is 37.9 Å². The van der Waals surface area contributed by atoms with E-state index in [1.165, 1.54) is 18.4 Å². The van der Waals surface area contributed by atoms with Gasteiger partial charge in [0.2, 0.25) is 0 Å². The first-order valence-corrected chi connectivity index (χ1v) is 7.70. The number of halogens is 1. The molecule has 0 amide bonds. The van der Waals surface area contributed by atoms with Gasteiger partial charge in [-0.3, -0.25) is 4.90 Å². The lowest BCUT2D eigenvalue weighted by Crippen LogP contribution is -2.44. The number of hydrogen-bond acceptors (Lipinski definition) is 3. The molecule has 2 atom stereocenters. The van der Waals surface area contributed by atoms with Crippen molar-refractivity contribution in [3.63, 3.8) is 0 Å². The van der Waals surface area contributed by atoms with E-state index in [1.54, 1.807) is 7.11 Å². The van der Waals surface area contributed by atoms with Crippen molar-refractivity contribution in [1.29, 1.82) is 0 Å². The van der Waals surface area contributed by atoms with E-state index >= 15 is 0 Å². The van der Waals surface area contributed by atoms with Gasteiger partial charge in [-0.05, 0) is 38.4 Å². The Kier molecular flexibility index (Phi) is 5.85. The fourth-order valence-corrected chi connectivity index (χ4v) is 2.75. The lowest BCUT2D eigenvalue weighted by molar-refractivity contribution is 0.0835. The van der Waals surface area contributed by atoms with Gasteiger partial charge >= 0.3 is 0 Å². The molecule has 4 heteroatoms. The Morgan fingerprint density at radius 1 is 1.40 bits per heavy atom. The second kappa shape index (κ2) is 7.41. The molecule has 1 aromatic carbocycles. The Balaban J connectivity index is 2.00. The topological polar surface area (TPSA) is 24.5 Å². The summed E-state index contributed by atoms with van der Waals surface area (Å²) >= 11 is 6.31. The number of nitrogens with zero attached hydrogens (tertiary/aromatic N) is 1. The molecule has 2 rings (SSSR count). The molecule has 1 saturated carbocycles. The Hall–Kier alpha value is -0.610. The molecular formula is C16H25ClN2O. The molecule has 0 spiro atoms. The molecule has 0 heterocycles. The molecule has 1 aromatic rings. The molecule has 1 aliphatic carbocycles. The average molecular weight is 297 g/mol. The van der Waals surface area contributed by atoms with Gasteiger partial charge in [0.1, 0.15) is 0 Å². The maximum atomic E-state index is 6.31. The minimum atomic E-state index is 0.268. The number of likely N-dealkylation sites (N-methyl/N-ethyl adjacent to an activating group) is 1. The van der Waals surface area contributed by atoms with Crippen LogP contribution in [0.25, 0.3) is 0 Å². The zero-order valence-corrected chi connectivity index (χ0v) is 13.4. The van der Waals surface area contributed by atoms with E-state index in [0.717, 1.165) is 24.2 Å². The van der Waals surface area contributed by atoms with Crippen molar-refractivity contribution >= 4 is 11.6 Å². The minimum Gasteiger partial charge on any atom is -0.383 e. The molecular weight excluding hydrogens is 272 g/mol. The van der Waals surface area contributed by atoms with Crippen LogP contribution < -0.4 is 5.32 Å². The molecule has 0 aliphatic heterocycles. The normalized spacial score (nSPS) is 18.2. The smallest absolute Gasteiger partial charge is 0.0630 e. The van der Waals surface area contributed by atoms with Crippen LogP contribution >= 0.6 is 11.6 Å². The highest BCUT2D eigenvalue weighted by atomic mass is 35.5. The van der Waals surface area contributed by atoms with Gasteiger partial charge in [0.05, 0.1) is 6.61 Å². The number of ether oxygens (including phenoxy) is 1. The monoisotopic (exact) mass is 296 g/mol. The van der Waals surface area contributed by atoms with Gasteiger partial charge in [-0.15, -0.1) is 0 Å². The molecule has 0 bridgehead atoms. The van der Waals surface area contributed by atoms with Crippen LogP contribution in [-0.4, -0.2) is 44.3 Å². The third-order valence-electron chi connectivity index (χ3n) is 4.12. The molecule has 0 saturated heterocycles. The molecule has 1 N–H and O–H groups in total. The zero-order chi connectivity index (χ0) is 14.5. The Morgan fingerprint density at radius 3 is 2.70 bits per heavy atom. The van der Waals surface area contributed by atoms with Crippen molar-refractivity contribution in [3.8, 4) is 0 Å². The summed E-state index contributed by atoms with van der Waals surface area (Å²) in [6.45, 7) is 3.88. The van der Waals surface area contributed by atoms with Crippen LogP contribution in [0, 0.1) is 0 Å². The predicted molar refractivity (Wildman–Crippen MR) is 84.3 cm³/mol. The molecule has 1 fully saturated rings. The summed E-state index contributed by atoms with van der Waals surface area (Å²) in [5.41, 5.74) is 1.17. The largest absolute Gasteiger partial charge is 0.383 e. The fraction of sp³-hybridized carbons (Fsp3) is 0.625. The van der Waals surface area contributed by atoms with Crippen LogP contribution in [0.3, 0.4) is 0 Å². The summed E-state index contributed by atoms with van der Waals surface area (Å²) < 4.78 is 5.38. The van der Waals surface area contributed by atoms with Gasteiger partial charge in [-0.2, -0.15) is 0 Å². The highest BCUT2D eigenvalue weighted by Crippen LogP contribution is 2.27. The van der Waals surface area contributed by atoms with Gasteiger partial charge < -0.3 is 10.1 Å². The molecule has 1 aliphatic rings.